The van der Waals surface area contributed by atoms with E-state index in [9.17, 15) is 18.0 Å². The Hall–Kier alpha value is -2.87. The van der Waals surface area contributed by atoms with Crippen LogP contribution in [0.1, 0.15) is 43.4 Å². The van der Waals surface area contributed by atoms with Crippen molar-refractivity contribution in [1.29, 1.82) is 0 Å². The summed E-state index contributed by atoms with van der Waals surface area (Å²) in [5.41, 5.74) is 2.41. The van der Waals surface area contributed by atoms with Crippen LogP contribution in [-0.2, 0) is 21.2 Å². The number of carbonyl (C=O) groups is 2. The Morgan fingerprint density at radius 2 is 1.80 bits per heavy atom. The van der Waals surface area contributed by atoms with Crippen molar-refractivity contribution in [3.63, 3.8) is 0 Å². The van der Waals surface area contributed by atoms with Crippen LogP contribution in [0.5, 0.6) is 0 Å². The molecule has 0 heterocycles. The molecule has 7 nitrogen and oxygen atoms in total. The van der Waals surface area contributed by atoms with E-state index in [4.69, 9.17) is 0 Å². The molecule has 3 rings (SSSR count). The molecule has 30 heavy (non-hydrogen) atoms. The van der Waals surface area contributed by atoms with Gasteiger partial charge < -0.3 is 16.0 Å². The van der Waals surface area contributed by atoms with Crippen molar-refractivity contribution in [2.24, 2.45) is 5.92 Å². The van der Waals surface area contributed by atoms with Gasteiger partial charge in [0.15, 0.2) is 9.84 Å². The summed E-state index contributed by atoms with van der Waals surface area (Å²) in [6.07, 6.45) is 4.16. The molecule has 3 N–H and O–H groups in total. The third kappa shape index (κ3) is 5.82. The number of anilines is 1. The smallest absolute Gasteiger partial charge is 0.315 e. The third-order valence-corrected chi connectivity index (χ3v) is 6.41. The first-order valence-corrected chi connectivity index (χ1v) is 11.9. The molecule has 2 aromatic rings. The van der Waals surface area contributed by atoms with Crippen LogP contribution >= 0.6 is 0 Å². The average molecular weight is 430 g/mol. The number of hydrogen-bond acceptors (Lipinski definition) is 4. The minimum atomic E-state index is -3.25. The molecule has 1 saturated carbocycles. The molecule has 1 fully saturated rings. The molecular weight excluding hydrogens is 402 g/mol. The first kappa shape index (κ1) is 21.8. The Morgan fingerprint density at radius 1 is 1.10 bits per heavy atom. The molecule has 0 spiro atoms. The summed E-state index contributed by atoms with van der Waals surface area (Å²) in [6.45, 7) is 2.14. The van der Waals surface area contributed by atoms with Crippen molar-refractivity contribution in [3.05, 3.63) is 59.7 Å². The fraction of sp³-hybridized carbons (Fsp3) is 0.364. The van der Waals surface area contributed by atoms with Gasteiger partial charge in [0.2, 0.25) is 5.91 Å². The largest absolute Gasteiger partial charge is 0.334 e. The van der Waals surface area contributed by atoms with E-state index in [0.717, 1.165) is 42.3 Å². The van der Waals surface area contributed by atoms with E-state index in [1.807, 2.05) is 31.2 Å². The molecule has 0 bridgehead atoms. The van der Waals surface area contributed by atoms with Crippen LogP contribution in [0, 0.1) is 5.92 Å². The number of rotatable bonds is 7. The van der Waals surface area contributed by atoms with Crippen molar-refractivity contribution in [2.75, 3.05) is 11.6 Å². The summed E-state index contributed by atoms with van der Waals surface area (Å²) < 4.78 is 23.1. The lowest BCUT2D eigenvalue weighted by atomic mass is 9.85. The molecule has 1 atom stereocenters. The highest BCUT2D eigenvalue weighted by Crippen LogP contribution is 2.27. The van der Waals surface area contributed by atoms with Gasteiger partial charge in [0, 0.05) is 24.4 Å². The zero-order chi connectivity index (χ0) is 21.7. The topological polar surface area (TPSA) is 104 Å². The average Bonchev–Trinajstić information content (AvgIpc) is 2.64. The Balaban J connectivity index is 1.50. The van der Waals surface area contributed by atoms with Gasteiger partial charge in [0.1, 0.15) is 0 Å². The van der Waals surface area contributed by atoms with Crippen molar-refractivity contribution < 1.29 is 18.0 Å². The highest BCUT2D eigenvalue weighted by atomic mass is 32.2. The van der Waals surface area contributed by atoms with Crippen LogP contribution in [0.2, 0.25) is 0 Å². The number of sulfone groups is 1. The van der Waals surface area contributed by atoms with E-state index in [1.54, 1.807) is 12.1 Å². The number of benzene rings is 2. The second-order valence-electron chi connectivity index (χ2n) is 7.71. The van der Waals surface area contributed by atoms with Gasteiger partial charge >= 0.3 is 6.03 Å². The SMILES string of the molecule is CC(NC(=O)NCc1cccc(NC(=O)C2CCC2)c1)c1ccc(S(C)(=O)=O)cc1. The Labute approximate surface area is 177 Å². The van der Waals surface area contributed by atoms with Gasteiger partial charge in [0.25, 0.3) is 0 Å². The van der Waals surface area contributed by atoms with E-state index in [-0.39, 0.29) is 28.8 Å². The summed E-state index contributed by atoms with van der Waals surface area (Å²) in [6, 6.07) is 13.2. The zero-order valence-electron chi connectivity index (χ0n) is 17.1. The molecule has 160 valence electrons. The predicted octanol–water partition coefficient (Wildman–Crippen LogP) is 3.39. The minimum Gasteiger partial charge on any atom is -0.334 e. The molecule has 2 aromatic carbocycles. The summed E-state index contributed by atoms with van der Waals surface area (Å²) in [4.78, 5) is 24.6. The molecule has 1 aliphatic carbocycles. The molecule has 0 radical (unpaired) electrons. The van der Waals surface area contributed by atoms with Gasteiger partial charge in [-0.1, -0.05) is 30.7 Å². The van der Waals surface area contributed by atoms with Gasteiger partial charge in [0.05, 0.1) is 10.9 Å². The van der Waals surface area contributed by atoms with Crippen LogP contribution in [0.3, 0.4) is 0 Å². The summed E-state index contributed by atoms with van der Waals surface area (Å²) in [5.74, 6) is 0.172. The van der Waals surface area contributed by atoms with Crippen molar-refractivity contribution >= 4 is 27.5 Å². The fourth-order valence-electron chi connectivity index (χ4n) is 3.19. The standard InChI is InChI=1S/C22H27N3O4S/c1-15(17-9-11-20(12-10-17)30(2,28)29)24-22(27)23-14-16-5-3-8-19(13-16)25-21(26)18-6-4-7-18/h3,5,8-13,15,18H,4,6-7,14H2,1-2H3,(H,25,26)(H2,23,24,27). The number of hydrogen-bond donors (Lipinski definition) is 3. The molecule has 8 heteroatoms. The normalized spacial score (nSPS) is 15.0. The van der Waals surface area contributed by atoms with Crippen molar-refractivity contribution in [1.82, 2.24) is 10.6 Å². The lowest BCUT2D eigenvalue weighted by Gasteiger charge is -2.24. The lowest BCUT2D eigenvalue weighted by Crippen LogP contribution is -2.36. The van der Waals surface area contributed by atoms with Crippen LogP contribution < -0.4 is 16.0 Å². The molecule has 1 aliphatic rings. The van der Waals surface area contributed by atoms with Crippen LogP contribution in [0.15, 0.2) is 53.4 Å². The molecule has 1 unspecified atom stereocenters. The Kier molecular flexibility index (Phi) is 6.77. The second kappa shape index (κ2) is 9.30. The van der Waals surface area contributed by atoms with Crippen LogP contribution in [-0.4, -0.2) is 26.6 Å². The minimum absolute atomic E-state index is 0.0554. The van der Waals surface area contributed by atoms with E-state index in [2.05, 4.69) is 16.0 Å². The van der Waals surface area contributed by atoms with Gasteiger partial charge in [-0.2, -0.15) is 0 Å². The first-order chi connectivity index (χ1) is 14.2. The first-order valence-electron chi connectivity index (χ1n) is 9.96. The van der Waals surface area contributed by atoms with E-state index in [0.29, 0.717) is 6.54 Å². The lowest BCUT2D eigenvalue weighted by molar-refractivity contribution is -0.122. The van der Waals surface area contributed by atoms with Crippen molar-refractivity contribution in [3.8, 4) is 0 Å². The maximum Gasteiger partial charge on any atom is 0.315 e. The summed E-state index contributed by atoms with van der Waals surface area (Å²) in [7, 11) is -3.25. The number of amides is 3. The number of nitrogens with one attached hydrogen (secondary N) is 3. The second-order valence-corrected chi connectivity index (χ2v) is 9.72. The van der Waals surface area contributed by atoms with E-state index < -0.39 is 9.84 Å². The third-order valence-electron chi connectivity index (χ3n) is 5.28. The fourth-order valence-corrected chi connectivity index (χ4v) is 3.82. The van der Waals surface area contributed by atoms with E-state index >= 15 is 0 Å². The molecule has 0 aliphatic heterocycles. The molecule has 0 aromatic heterocycles. The van der Waals surface area contributed by atoms with Gasteiger partial charge in [-0.05, 0) is 55.2 Å². The molecule has 0 saturated heterocycles. The number of carbonyl (C=O) groups excluding carboxylic acids is 2. The highest BCUT2D eigenvalue weighted by Gasteiger charge is 2.25. The van der Waals surface area contributed by atoms with Crippen LogP contribution in [0.4, 0.5) is 10.5 Å². The molecular formula is C22H27N3O4S. The summed E-state index contributed by atoms with van der Waals surface area (Å²) >= 11 is 0. The predicted molar refractivity (Wildman–Crippen MR) is 116 cm³/mol. The molecule has 3 amide bonds. The summed E-state index contributed by atoms with van der Waals surface area (Å²) in [5, 5.41) is 8.57. The van der Waals surface area contributed by atoms with Gasteiger partial charge in [-0.3, -0.25) is 4.79 Å². The maximum absolute atomic E-state index is 12.2. The maximum atomic E-state index is 12.2. The van der Waals surface area contributed by atoms with E-state index in [1.165, 1.54) is 12.1 Å². The van der Waals surface area contributed by atoms with Gasteiger partial charge in [-0.15, -0.1) is 0 Å². The zero-order valence-corrected chi connectivity index (χ0v) is 18.0. The monoisotopic (exact) mass is 429 g/mol. The van der Waals surface area contributed by atoms with Crippen molar-refractivity contribution in [2.45, 2.75) is 43.7 Å². The highest BCUT2D eigenvalue weighted by molar-refractivity contribution is 7.90. The Bertz CT molecular complexity index is 1010. The quantitative estimate of drug-likeness (QED) is 0.627. The Morgan fingerprint density at radius 3 is 2.40 bits per heavy atom. The van der Waals surface area contributed by atoms with Gasteiger partial charge in [-0.25, -0.2) is 13.2 Å². The van der Waals surface area contributed by atoms with Crippen LogP contribution in [0.25, 0.3) is 0 Å². The number of urea groups is 1.